The van der Waals surface area contributed by atoms with Crippen molar-refractivity contribution >= 4 is 17.2 Å². The summed E-state index contributed by atoms with van der Waals surface area (Å²) in [4.78, 5) is 13.6. The molecule has 2 saturated carbocycles. The zero-order valence-corrected chi connectivity index (χ0v) is 15.8. The molecular formula is C18H22F2N4O2S. The van der Waals surface area contributed by atoms with Crippen molar-refractivity contribution in [2.24, 2.45) is 0 Å². The zero-order chi connectivity index (χ0) is 19.0. The molecule has 0 spiro atoms. The van der Waals surface area contributed by atoms with Crippen LogP contribution in [0.2, 0.25) is 0 Å². The van der Waals surface area contributed by atoms with Crippen molar-refractivity contribution in [2.75, 3.05) is 0 Å². The summed E-state index contributed by atoms with van der Waals surface area (Å²) in [5.41, 5.74) is 0.616. The fraction of sp³-hybridized carbons (Fsp3) is 0.611. The van der Waals surface area contributed by atoms with Crippen LogP contribution in [-0.2, 0) is 6.54 Å². The van der Waals surface area contributed by atoms with Gasteiger partial charge in [0.2, 0.25) is 17.7 Å². The highest BCUT2D eigenvalue weighted by molar-refractivity contribution is 7.10. The van der Waals surface area contributed by atoms with Gasteiger partial charge in [-0.15, -0.1) is 21.5 Å². The third-order valence-electron chi connectivity index (χ3n) is 5.17. The Hall–Kier alpha value is -1.87. The van der Waals surface area contributed by atoms with Crippen LogP contribution in [0.15, 0.2) is 15.9 Å². The summed E-state index contributed by atoms with van der Waals surface area (Å²) >= 11 is 1.57. The lowest BCUT2D eigenvalue weighted by Crippen LogP contribution is -2.40. The third kappa shape index (κ3) is 4.52. The van der Waals surface area contributed by atoms with Crippen molar-refractivity contribution in [1.82, 2.24) is 20.8 Å². The number of hydrogen-bond acceptors (Lipinski definition) is 6. The molecule has 4 rings (SSSR count). The van der Waals surface area contributed by atoms with Gasteiger partial charge in [0.25, 0.3) is 5.91 Å². The molecule has 9 heteroatoms. The van der Waals surface area contributed by atoms with Gasteiger partial charge in [-0.25, -0.2) is 8.78 Å². The van der Waals surface area contributed by atoms with Gasteiger partial charge in [-0.3, -0.25) is 4.79 Å². The maximum absolute atomic E-state index is 13.2. The molecule has 2 aliphatic carbocycles. The van der Waals surface area contributed by atoms with Crippen LogP contribution in [0.4, 0.5) is 8.78 Å². The third-order valence-corrected chi connectivity index (χ3v) is 6.24. The fourth-order valence-corrected chi connectivity index (χ4v) is 4.55. The lowest BCUT2D eigenvalue weighted by molar-refractivity contribution is -0.0399. The number of aryl methyl sites for hydroxylation is 1. The van der Waals surface area contributed by atoms with Gasteiger partial charge >= 0.3 is 0 Å². The molecule has 146 valence electrons. The lowest BCUT2D eigenvalue weighted by Gasteiger charge is -2.28. The van der Waals surface area contributed by atoms with Gasteiger partial charge in [-0.1, -0.05) is 0 Å². The first-order chi connectivity index (χ1) is 12.9. The monoisotopic (exact) mass is 396 g/mol. The SMILES string of the molecule is Cc1nnc(CNC2C[C@H]2c2cc(C(=O)NC3CCC(F)(F)CC3)cs2)o1. The maximum Gasteiger partial charge on any atom is 0.252 e. The van der Waals surface area contributed by atoms with Gasteiger partial charge in [-0.2, -0.15) is 0 Å². The standard InChI is InChI=1S/C18H22F2N4O2S/c1-10-23-24-16(26-10)8-21-14-7-13(14)15-6-11(9-27-15)17(25)22-12-2-4-18(19,20)5-3-12/h6,9,12-14,21H,2-5,7-8H2,1H3,(H,22,25)/t13-,14?/m1/s1. The highest BCUT2D eigenvalue weighted by atomic mass is 32.1. The molecule has 2 atom stereocenters. The second kappa shape index (κ2) is 7.27. The normalized spacial score (nSPS) is 24.7. The molecule has 2 heterocycles. The summed E-state index contributed by atoms with van der Waals surface area (Å²) in [5, 5.41) is 15.9. The average molecular weight is 396 g/mol. The highest BCUT2D eigenvalue weighted by Gasteiger charge is 2.40. The van der Waals surface area contributed by atoms with Crippen molar-refractivity contribution in [1.29, 1.82) is 0 Å². The predicted octanol–water partition coefficient (Wildman–Crippen LogP) is 3.39. The minimum Gasteiger partial charge on any atom is -0.424 e. The number of nitrogens with zero attached hydrogens (tertiary/aromatic N) is 2. The number of aromatic nitrogens is 2. The molecule has 2 aromatic rings. The van der Waals surface area contributed by atoms with E-state index in [0.717, 1.165) is 11.3 Å². The molecule has 0 aliphatic heterocycles. The maximum atomic E-state index is 13.2. The summed E-state index contributed by atoms with van der Waals surface area (Å²) < 4.78 is 31.8. The minimum atomic E-state index is -2.58. The number of amides is 1. The average Bonchev–Trinajstić information content (AvgIpc) is 3.02. The van der Waals surface area contributed by atoms with Crippen LogP contribution in [0.1, 0.15) is 65.0 Å². The van der Waals surface area contributed by atoms with Crippen molar-refractivity contribution in [3.63, 3.8) is 0 Å². The van der Waals surface area contributed by atoms with Gasteiger partial charge in [0.05, 0.1) is 12.1 Å². The fourth-order valence-electron chi connectivity index (χ4n) is 3.48. The smallest absolute Gasteiger partial charge is 0.252 e. The molecule has 0 aromatic carbocycles. The van der Waals surface area contributed by atoms with Crippen LogP contribution < -0.4 is 10.6 Å². The van der Waals surface area contributed by atoms with E-state index in [1.54, 1.807) is 18.3 Å². The predicted molar refractivity (Wildman–Crippen MR) is 96.0 cm³/mol. The summed E-state index contributed by atoms with van der Waals surface area (Å²) in [7, 11) is 0. The number of carbonyl (C=O) groups excluding carboxylic acids is 1. The first kappa shape index (κ1) is 18.5. The van der Waals surface area contributed by atoms with E-state index in [2.05, 4.69) is 20.8 Å². The second-order valence-electron chi connectivity index (χ2n) is 7.39. The number of thiophene rings is 1. The van der Waals surface area contributed by atoms with Gasteiger partial charge in [0, 0.05) is 48.0 Å². The molecule has 2 N–H and O–H groups in total. The van der Waals surface area contributed by atoms with Crippen molar-refractivity contribution in [3.8, 4) is 0 Å². The van der Waals surface area contributed by atoms with E-state index < -0.39 is 5.92 Å². The van der Waals surface area contributed by atoms with Crippen LogP contribution >= 0.6 is 11.3 Å². The number of carbonyl (C=O) groups is 1. The van der Waals surface area contributed by atoms with Crippen LogP contribution in [0.5, 0.6) is 0 Å². The summed E-state index contributed by atoms with van der Waals surface area (Å²) in [6.07, 6.45) is 1.37. The van der Waals surface area contributed by atoms with Gasteiger partial charge in [0.15, 0.2) is 0 Å². The molecule has 1 unspecified atom stereocenters. The first-order valence-corrected chi connectivity index (χ1v) is 10.1. The Morgan fingerprint density at radius 1 is 1.37 bits per heavy atom. The Morgan fingerprint density at radius 3 is 2.85 bits per heavy atom. The molecule has 0 radical (unpaired) electrons. The summed E-state index contributed by atoms with van der Waals surface area (Å²) in [5.74, 6) is -1.24. The molecule has 27 heavy (non-hydrogen) atoms. The van der Waals surface area contributed by atoms with E-state index in [1.165, 1.54) is 0 Å². The lowest BCUT2D eigenvalue weighted by atomic mass is 9.92. The van der Waals surface area contributed by atoms with Crippen molar-refractivity contribution < 1.29 is 18.0 Å². The Kier molecular flexibility index (Phi) is 4.98. The number of nitrogens with one attached hydrogen (secondary N) is 2. The van der Waals surface area contributed by atoms with Crippen LogP contribution in [0.25, 0.3) is 0 Å². The molecular weight excluding hydrogens is 374 g/mol. The van der Waals surface area contributed by atoms with Gasteiger partial charge in [0.1, 0.15) is 0 Å². The largest absolute Gasteiger partial charge is 0.424 e. The van der Waals surface area contributed by atoms with E-state index >= 15 is 0 Å². The Morgan fingerprint density at radius 2 is 2.15 bits per heavy atom. The van der Waals surface area contributed by atoms with Gasteiger partial charge < -0.3 is 15.1 Å². The molecule has 0 bridgehead atoms. The summed E-state index contributed by atoms with van der Waals surface area (Å²) in [6.45, 7) is 2.29. The topological polar surface area (TPSA) is 80.0 Å². The van der Waals surface area contributed by atoms with E-state index in [1.807, 2.05) is 11.4 Å². The molecule has 6 nitrogen and oxygen atoms in total. The number of alkyl halides is 2. The van der Waals surface area contributed by atoms with Crippen molar-refractivity contribution in [2.45, 2.75) is 69.5 Å². The van der Waals surface area contributed by atoms with E-state index in [9.17, 15) is 13.6 Å². The zero-order valence-electron chi connectivity index (χ0n) is 15.0. The van der Waals surface area contributed by atoms with E-state index in [4.69, 9.17) is 4.42 Å². The Bertz CT molecular complexity index is 812. The highest BCUT2D eigenvalue weighted by Crippen LogP contribution is 2.43. The molecule has 2 aromatic heterocycles. The minimum absolute atomic E-state index is 0.151. The molecule has 2 fully saturated rings. The van der Waals surface area contributed by atoms with Crippen molar-refractivity contribution in [3.05, 3.63) is 33.7 Å². The number of hydrogen-bond donors (Lipinski definition) is 2. The van der Waals surface area contributed by atoms with Gasteiger partial charge in [-0.05, 0) is 25.3 Å². The van der Waals surface area contributed by atoms with E-state index in [-0.39, 0.29) is 24.8 Å². The summed E-state index contributed by atoms with van der Waals surface area (Å²) in [6, 6.07) is 2.10. The van der Waals surface area contributed by atoms with E-state index in [0.29, 0.717) is 48.7 Å². The van der Waals surface area contributed by atoms with Crippen LogP contribution in [0, 0.1) is 6.92 Å². The Labute approximate surface area is 159 Å². The number of halogens is 2. The van der Waals surface area contributed by atoms with Crippen LogP contribution in [-0.4, -0.2) is 34.1 Å². The Balaban J connectivity index is 1.26. The number of rotatable bonds is 6. The molecule has 0 saturated heterocycles. The second-order valence-corrected chi connectivity index (χ2v) is 8.33. The molecule has 2 aliphatic rings. The molecule has 1 amide bonds. The van der Waals surface area contributed by atoms with Crippen LogP contribution in [0.3, 0.4) is 0 Å². The first-order valence-electron chi connectivity index (χ1n) is 9.19. The quantitative estimate of drug-likeness (QED) is 0.782.